The van der Waals surface area contributed by atoms with Crippen LogP contribution in [0.2, 0.25) is 0 Å². The average molecular weight is 595 g/mol. The maximum absolute atomic E-state index is 12.8. The Balaban J connectivity index is 1.48. The van der Waals surface area contributed by atoms with E-state index in [-0.39, 0.29) is 33.8 Å². The molecule has 1 aromatic heterocycles. The van der Waals surface area contributed by atoms with Crippen LogP contribution in [0.3, 0.4) is 0 Å². The molecule has 2 aliphatic rings. The third-order valence-corrected chi connectivity index (χ3v) is 7.22. The maximum atomic E-state index is 12.8. The number of aliphatic hydroxyl groups is 6. The van der Waals surface area contributed by atoms with Crippen LogP contribution in [-0.2, 0) is 14.2 Å². The van der Waals surface area contributed by atoms with Crippen LogP contribution in [0.1, 0.15) is 6.92 Å². The maximum Gasteiger partial charge on any atom is 0.229 e. The molecule has 228 valence electrons. The molecule has 10 atom stereocenters. The zero-order valence-electron chi connectivity index (χ0n) is 21.9. The Morgan fingerprint density at radius 1 is 0.786 bits per heavy atom. The van der Waals surface area contributed by atoms with Gasteiger partial charge in [-0.2, -0.15) is 0 Å². The van der Waals surface area contributed by atoms with Crippen molar-refractivity contribution in [3.05, 3.63) is 46.6 Å². The smallest absolute Gasteiger partial charge is 0.229 e. The molecule has 3 heterocycles. The van der Waals surface area contributed by atoms with Gasteiger partial charge in [0.25, 0.3) is 0 Å². The lowest BCUT2D eigenvalue weighted by Crippen LogP contribution is -2.64. The summed E-state index contributed by atoms with van der Waals surface area (Å²) in [7, 11) is 0. The second-order valence-corrected chi connectivity index (χ2v) is 10.1. The predicted molar refractivity (Wildman–Crippen MR) is 139 cm³/mol. The van der Waals surface area contributed by atoms with Gasteiger partial charge in [-0.15, -0.1) is 0 Å². The molecule has 42 heavy (non-hydrogen) atoms. The van der Waals surface area contributed by atoms with Gasteiger partial charge < -0.3 is 69.3 Å². The van der Waals surface area contributed by atoms with Gasteiger partial charge in [-0.1, -0.05) is 0 Å². The van der Waals surface area contributed by atoms with Crippen LogP contribution in [-0.4, -0.2) is 114 Å². The van der Waals surface area contributed by atoms with E-state index in [9.17, 15) is 50.8 Å². The first-order chi connectivity index (χ1) is 19.9. The van der Waals surface area contributed by atoms with Crippen molar-refractivity contribution in [2.45, 2.75) is 68.3 Å². The molecule has 0 radical (unpaired) electrons. The number of aromatic hydroxyl groups is 3. The molecule has 2 aromatic carbocycles. The summed E-state index contributed by atoms with van der Waals surface area (Å²) in [5.74, 6) is -1.60. The minimum atomic E-state index is -1.78. The van der Waals surface area contributed by atoms with E-state index in [1.54, 1.807) is 0 Å². The Kier molecular flexibility index (Phi) is 8.30. The van der Waals surface area contributed by atoms with Gasteiger partial charge in [0.2, 0.25) is 6.29 Å². The second-order valence-electron chi connectivity index (χ2n) is 10.1. The van der Waals surface area contributed by atoms with Gasteiger partial charge in [0.05, 0.1) is 12.7 Å². The van der Waals surface area contributed by atoms with Gasteiger partial charge >= 0.3 is 0 Å². The summed E-state index contributed by atoms with van der Waals surface area (Å²) in [6.07, 6.45) is -15.5. The van der Waals surface area contributed by atoms with E-state index < -0.39 is 84.9 Å². The Labute approximate surface area is 236 Å². The van der Waals surface area contributed by atoms with Crippen molar-refractivity contribution >= 4 is 11.0 Å². The third-order valence-electron chi connectivity index (χ3n) is 7.22. The Morgan fingerprint density at radius 2 is 1.52 bits per heavy atom. The largest absolute Gasteiger partial charge is 0.507 e. The van der Waals surface area contributed by atoms with Crippen molar-refractivity contribution in [1.82, 2.24) is 0 Å². The summed E-state index contributed by atoms with van der Waals surface area (Å²) in [6, 6.07) is 7.08. The number of ether oxygens (including phenoxy) is 4. The fourth-order valence-corrected chi connectivity index (χ4v) is 4.84. The Morgan fingerprint density at radius 3 is 2.21 bits per heavy atom. The van der Waals surface area contributed by atoms with Crippen LogP contribution < -0.4 is 10.2 Å². The van der Waals surface area contributed by atoms with Crippen LogP contribution in [0, 0.1) is 0 Å². The quantitative estimate of drug-likeness (QED) is 0.149. The molecule has 5 unspecified atom stereocenters. The van der Waals surface area contributed by atoms with Gasteiger partial charge in [-0.3, -0.25) is 4.79 Å². The topological polar surface area (TPSA) is 249 Å². The molecule has 2 saturated heterocycles. The molecule has 15 nitrogen and oxygen atoms in total. The number of aliphatic hydroxyl groups excluding tert-OH is 6. The highest BCUT2D eigenvalue weighted by molar-refractivity contribution is 5.86. The van der Waals surface area contributed by atoms with Crippen LogP contribution in [0.25, 0.3) is 22.3 Å². The average Bonchev–Trinajstić information content (AvgIpc) is 2.95. The van der Waals surface area contributed by atoms with Gasteiger partial charge in [0.15, 0.2) is 29.3 Å². The van der Waals surface area contributed by atoms with E-state index in [2.05, 4.69) is 0 Å². The van der Waals surface area contributed by atoms with Gasteiger partial charge in [-0.05, 0) is 25.1 Å². The second kappa shape index (κ2) is 11.6. The molecule has 0 aliphatic carbocycles. The van der Waals surface area contributed by atoms with Gasteiger partial charge in [0, 0.05) is 23.8 Å². The van der Waals surface area contributed by atoms with Crippen molar-refractivity contribution in [2.75, 3.05) is 6.61 Å². The molecular formula is C27H30O15. The van der Waals surface area contributed by atoms with E-state index in [4.69, 9.17) is 23.4 Å². The number of fused-ring (bicyclic) bond motifs is 1. The molecule has 2 aliphatic heterocycles. The Bertz CT molecular complexity index is 1490. The highest BCUT2D eigenvalue weighted by atomic mass is 16.8. The van der Waals surface area contributed by atoms with Crippen LogP contribution in [0.5, 0.6) is 23.0 Å². The van der Waals surface area contributed by atoms with E-state index in [1.807, 2.05) is 0 Å². The first kappa shape index (κ1) is 30.0. The fraction of sp³-hybridized carbons (Fsp3) is 0.444. The van der Waals surface area contributed by atoms with Crippen molar-refractivity contribution in [3.8, 4) is 34.3 Å². The molecule has 3 aromatic rings. The highest BCUT2D eigenvalue weighted by Gasteiger charge is 2.50. The van der Waals surface area contributed by atoms with Crippen LogP contribution in [0.15, 0.2) is 45.6 Å². The summed E-state index contributed by atoms with van der Waals surface area (Å²) >= 11 is 0. The van der Waals surface area contributed by atoms with E-state index in [0.29, 0.717) is 0 Å². The molecule has 0 bridgehead atoms. The van der Waals surface area contributed by atoms with Crippen molar-refractivity contribution < 1.29 is 69.3 Å². The lowest BCUT2D eigenvalue weighted by molar-refractivity contribution is -0.354. The lowest BCUT2D eigenvalue weighted by atomic mass is 9.97. The standard InChI is InChI=1S/C27H30O15/c1-9-20(33)22(35)24(37)26(38-9)42-25-23(36)21(34)18(8-28)41-27(25)39-11-5-14(31)19-15(32)7-16(40-17(19)6-11)10-2-3-12(29)13(30)4-10/h2-7,9,18,20-31,33-37H,8H2,1H3/t9-,18?,20-,21?,22+,23?,24+,25?,26-,27?/m0/s1. The zero-order valence-corrected chi connectivity index (χ0v) is 21.9. The summed E-state index contributed by atoms with van der Waals surface area (Å²) in [5.41, 5.74) is -0.575. The van der Waals surface area contributed by atoms with Crippen molar-refractivity contribution in [1.29, 1.82) is 0 Å². The van der Waals surface area contributed by atoms with Crippen molar-refractivity contribution in [3.63, 3.8) is 0 Å². The van der Waals surface area contributed by atoms with E-state index in [0.717, 1.165) is 18.2 Å². The molecule has 5 rings (SSSR count). The van der Waals surface area contributed by atoms with E-state index in [1.165, 1.54) is 25.1 Å². The summed E-state index contributed by atoms with van der Waals surface area (Å²) in [4.78, 5) is 12.8. The zero-order chi connectivity index (χ0) is 30.5. The summed E-state index contributed by atoms with van der Waals surface area (Å²) < 4.78 is 28.3. The third kappa shape index (κ3) is 5.49. The molecule has 2 fully saturated rings. The number of phenolic OH excluding ortho intramolecular Hbond substituents is 3. The molecule has 15 heteroatoms. The number of hydrogen-bond acceptors (Lipinski definition) is 15. The molecular weight excluding hydrogens is 564 g/mol. The van der Waals surface area contributed by atoms with Crippen LogP contribution in [0.4, 0.5) is 0 Å². The Hall–Kier alpha value is -3.51. The van der Waals surface area contributed by atoms with Gasteiger partial charge in [-0.25, -0.2) is 0 Å². The summed E-state index contributed by atoms with van der Waals surface area (Å²) in [5, 5.41) is 91.2. The number of rotatable bonds is 6. The van der Waals surface area contributed by atoms with Gasteiger partial charge in [0.1, 0.15) is 64.9 Å². The minimum Gasteiger partial charge on any atom is -0.507 e. The molecule has 0 amide bonds. The monoisotopic (exact) mass is 594 g/mol. The highest BCUT2D eigenvalue weighted by Crippen LogP contribution is 2.36. The molecule has 0 saturated carbocycles. The number of phenols is 3. The first-order valence-corrected chi connectivity index (χ1v) is 12.9. The van der Waals surface area contributed by atoms with Crippen LogP contribution >= 0.6 is 0 Å². The normalized spacial score (nSPS) is 33.5. The molecule has 0 spiro atoms. The number of benzene rings is 2. The lowest BCUT2D eigenvalue weighted by Gasteiger charge is -2.45. The van der Waals surface area contributed by atoms with E-state index >= 15 is 0 Å². The molecule has 9 N–H and O–H groups in total. The summed E-state index contributed by atoms with van der Waals surface area (Å²) in [6.45, 7) is 0.671. The van der Waals surface area contributed by atoms with Crippen molar-refractivity contribution in [2.24, 2.45) is 0 Å². The number of hydrogen-bond donors (Lipinski definition) is 9. The fourth-order valence-electron chi connectivity index (χ4n) is 4.84. The minimum absolute atomic E-state index is 0.0216. The predicted octanol–water partition coefficient (Wildman–Crippen LogP) is -1.39. The first-order valence-electron chi connectivity index (χ1n) is 12.9. The SMILES string of the molecule is C[C@@H]1O[C@@H](OC2C(Oc3cc(O)c4c(=O)cc(-c5ccc(O)c(O)c5)oc4c3)OC(CO)C(O)C2O)[C@H](O)[C@H](O)[C@H]1O.